The number of carbonyl (C=O) groups excluding carboxylic acids is 2. The van der Waals surface area contributed by atoms with Gasteiger partial charge in [0.05, 0.1) is 27.4 Å². The summed E-state index contributed by atoms with van der Waals surface area (Å²) in [6.45, 7) is 4.52. The van der Waals surface area contributed by atoms with E-state index in [1.807, 2.05) is 25.1 Å². The summed E-state index contributed by atoms with van der Waals surface area (Å²) < 4.78 is 15.9. The highest BCUT2D eigenvalue weighted by Crippen LogP contribution is 2.31. The lowest BCUT2D eigenvalue weighted by molar-refractivity contribution is 0.0521. The second kappa shape index (κ2) is 12.2. The molecule has 2 aromatic carbocycles. The van der Waals surface area contributed by atoms with Crippen LogP contribution in [-0.2, 0) is 17.7 Å². The Labute approximate surface area is 209 Å². The topological polar surface area (TPSA) is 104 Å². The quantitative estimate of drug-likeness (QED) is 0.389. The first kappa shape index (κ1) is 26.0. The molecule has 0 saturated heterocycles. The van der Waals surface area contributed by atoms with Crippen LogP contribution in [0.4, 0.5) is 5.00 Å². The molecule has 0 radical (unpaired) electrons. The van der Waals surface area contributed by atoms with Crippen molar-refractivity contribution >= 4 is 28.2 Å². The number of benzene rings is 2. The van der Waals surface area contributed by atoms with Crippen LogP contribution in [0.2, 0.25) is 0 Å². The smallest absolute Gasteiger partial charge is 0.360 e. The molecule has 0 aliphatic carbocycles. The number of hydrogen-bond acceptors (Lipinski definition) is 8. The van der Waals surface area contributed by atoms with E-state index in [0.29, 0.717) is 28.6 Å². The zero-order valence-electron chi connectivity index (χ0n) is 20.5. The van der Waals surface area contributed by atoms with Crippen molar-refractivity contribution in [1.29, 1.82) is 0 Å². The molecule has 1 aromatic heterocycles. The van der Waals surface area contributed by atoms with E-state index in [-0.39, 0.29) is 29.8 Å². The molecule has 0 spiro atoms. The summed E-state index contributed by atoms with van der Waals surface area (Å²) in [5, 5.41) is 0.832. The van der Waals surface area contributed by atoms with Gasteiger partial charge in [0.25, 0.3) is 5.91 Å². The fourth-order valence-electron chi connectivity index (χ4n) is 3.72. The predicted octanol–water partition coefficient (Wildman–Crippen LogP) is 4.50. The van der Waals surface area contributed by atoms with Gasteiger partial charge in [0.15, 0.2) is 5.69 Å². The minimum atomic E-state index is -0.567. The third-order valence-corrected chi connectivity index (χ3v) is 6.38. The Morgan fingerprint density at radius 1 is 1.09 bits per heavy atom. The summed E-state index contributed by atoms with van der Waals surface area (Å²) in [5.41, 5.74) is 8.56. The van der Waals surface area contributed by atoms with Crippen molar-refractivity contribution in [3.8, 4) is 11.5 Å². The van der Waals surface area contributed by atoms with Gasteiger partial charge in [0.1, 0.15) is 21.5 Å². The van der Waals surface area contributed by atoms with E-state index in [2.05, 4.69) is 17.1 Å². The molecular formula is C26H31N3O5S. The van der Waals surface area contributed by atoms with Crippen LogP contribution in [0.3, 0.4) is 0 Å². The van der Waals surface area contributed by atoms with Crippen LogP contribution in [0.1, 0.15) is 50.3 Å². The Bertz CT molecular complexity index is 1140. The minimum Gasteiger partial charge on any atom is -0.496 e. The number of nitrogens with two attached hydrogens (primary N) is 1. The number of hydrogen-bond donors (Lipinski definition) is 1. The second-order valence-electron chi connectivity index (χ2n) is 7.86. The first-order valence-electron chi connectivity index (χ1n) is 11.4. The van der Waals surface area contributed by atoms with Gasteiger partial charge in [-0.3, -0.25) is 4.79 Å². The highest BCUT2D eigenvalue weighted by Gasteiger charge is 2.23. The van der Waals surface area contributed by atoms with Gasteiger partial charge in [0, 0.05) is 17.7 Å². The van der Waals surface area contributed by atoms with E-state index in [1.165, 1.54) is 16.9 Å². The molecule has 0 aliphatic heterocycles. The number of amides is 1. The predicted molar refractivity (Wildman–Crippen MR) is 136 cm³/mol. The number of rotatable bonds is 11. The highest BCUT2D eigenvalue weighted by molar-refractivity contribution is 7.15. The number of anilines is 1. The van der Waals surface area contributed by atoms with Gasteiger partial charge in [-0.25, -0.2) is 9.78 Å². The van der Waals surface area contributed by atoms with Crippen LogP contribution in [0.5, 0.6) is 11.5 Å². The van der Waals surface area contributed by atoms with Crippen LogP contribution in [0.15, 0.2) is 42.5 Å². The molecule has 8 nitrogen and oxygen atoms in total. The fourth-order valence-corrected chi connectivity index (χ4v) is 4.55. The molecule has 3 rings (SSSR count). The van der Waals surface area contributed by atoms with Gasteiger partial charge in [-0.15, -0.1) is 0 Å². The average Bonchev–Trinajstić information content (AvgIpc) is 3.24. The normalized spacial score (nSPS) is 10.6. The van der Waals surface area contributed by atoms with Crippen molar-refractivity contribution in [3.05, 3.63) is 69.9 Å². The maximum Gasteiger partial charge on any atom is 0.360 e. The van der Waals surface area contributed by atoms with Crippen LogP contribution in [0.25, 0.3) is 0 Å². The van der Waals surface area contributed by atoms with Crippen LogP contribution in [0, 0.1) is 6.92 Å². The zero-order chi connectivity index (χ0) is 25.4. The van der Waals surface area contributed by atoms with Gasteiger partial charge in [-0.2, -0.15) is 0 Å². The summed E-state index contributed by atoms with van der Waals surface area (Å²) >= 11 is 1.18. The summed E-state index contributed by atoms with van der Waals surface area (Å²) in [4.78, 5) is 31.9. The van der Waals surface area contributed by atoms with Gasteiger partial charge >= 0.3 is 5.97 Å². The monoisotopic (exact) mass is 497 g/mol. The van der Waals surface area contributed by atoms with Gasteiger partial charge in [-0.1, -0.05) is 41.7 Å². The number of carbonyl (C=O) groups is 2. The number of aromatic nitrogens is 1. The third-order valence-electron chi connectivity index (χ3n) is 5.52. The molecule has 35 heavy (non-hydrogen) atoms. The molecule has 2 N–H and O–H groups in total. The fraction of sp³-hybridized carbons (Fsp3) is 0.346. The summed E-state index contributed by atoms with van der Waals surface area (Å²) in [5.74, 6) is 0.378. The molecule has 1 heterocycles. The van der Waals surface area contributed by atoms with Crippen molar-refractivity contribution in [2.75, 3.05) is 33.1 Å². The molecule has 3 aromatic rings. The molecule has 186 valence electrons. The number of aryl methyl sites for hydroxylation is 1. The molecule has 0 saturated carbocycles. The van der Waals surface area contributed by atoms with Crippen molar-refractivity contribution in [1.82, 2.24) is 9.88 Å². The van der Waals surface area contributed by atoms with E-state index in [9.17, 15) is 9.59 Å². The van der Waals surface area contributed by atoms with E-state index in [1.54, 1.807) is 38.2 Å². The first-order chi connectivity index (χ1) is 16.9. The highest BCUT2D eigenvalue weighted by atomic mass is 32.1. The van der Waals surface area contributed by atoms with Crippen LogP contribution in [-0.4, -0.2) is 49.1 Å². The molecule has 9 heteroatoms. The average molecular weight is 498 g/mol. The third kappa shape index (κ3) is 6.51. The molecular weight excluding hydrogens is 466 g/mol. The lowest BCUT2D eigenvalue weighted by Gasteiger charge is -2.23. The Balaban J connectivity index is 1.87. The van der Waals surface area contributed by atoms with E-state index in [4.69, 9.17) is 19.9 Å². The minimum absolute atomic E-state index is 0.0854. The van der Waals surface area contributed by atoms with E-state index >= 15 is 0 Å². The number of methoxy groups -OCH3 is 2. The number of nitrogens with zero attached hydrogens (tertiary/aromatic N) is 2. The number of ether oxygens (including phenoxy) is 3. The number of nitrogen functional groups attached to an aromatic ring is 1. The van der Waals surface area contributed by atoms with Gasteiger partial charge in [-0.05, 0) is 44.4 Å². The molecule has 0 aliphatic rings. The van der Waals surface area contributed by atoms with E-state index < -0.39 is 5.97 Å². The lowest BCUT2D eigenvalue weighted by atomic mass is 10.1. The summed E-state index contributed by atoms with van der Waals surface area (Å²) in [7, 11) is 3.12. The standard InChI is InChI=1S/C26H31N3O5S/c1-5-34-26(31)23-24(27)35-22(28-23)16-29(13-9-12-18-10-7-6-8-11-18)25(30)19-14-20(32-3)17(2)21(15-19)33-4/h6-8,10-11,14-15H,5,9,12-13,16,27H2,1-4H3. The lowest BCUT2D eigenvalue weighted by Crippen LogP contribution is -2.32. The Morgan fingerprint density at radius 2 is 1.74 bits per heavy atom. The maximum atomic E-state index is 13.6. The molecule has 0 unspecified atom stereocenters. The largest absolute Gasteiger partial charge is 0.496 e. The Morgan fingerprint density at radius 3 is 2.34 bits per heavy atom. The molecule has 1 amide bonds. The Hall–Kier alpha value is -3.59. The summed E-state index contributed by atoms with van der Waals surface area (Å²) in [6.07, 6.45) is 1.57. The van der Waals surface area contributed by atoms with Crippen molar-refractivity contribution in [2.24, 2.45) is 0 Å². The second-order valence-corrected chi connectivity index (χ2v) is 8.98. The van der Waals surface area contributed by atoms with Gasteiger partial charge in [0.2, 0.25) is 0 Å². The summed E-state index contributed by atoms with van der Waals surface area (Å²) in [6, 6.07) is 13.5. The SMILES string of the molecule is CCOC(=O)c1nc(CN(CCCc2ccccc2)C(=O)c2cc(OC)c(C)c(OC)c2)sc1N. The molecule has 0 atom stereocenters. The van der Waals surface area contributed by atoms with Gasteiger partial charge < -0.3 is 24.8 Å². The number of thiazole rings is 1. The maximum absolute atomic E-state index is 13.6. The van der Waals surface area contributed by atoms with Crippen LogP contribution < -0.4 is 15.2 Å². The zero-order valence-corrected chi connectivity index (χ0v) is 21.3. The van der Waals surface area contributed by atoms with Crippen molar-refractivity contribution < 1.29 is 23.8 Å². The van der Waals surface area contributed by atoms with E-state index in [0.717, 1.165) is 18.4 Å². The number of esters is 1. The van der Waals surface area contributed by atoms with Crippen molar-refractivity contribution in [3.63, 3.8) is 0 Å². The Kier molecular flexibility index (Phi) is 9.08. The van der Waals surface area contributed by atoms with Crippen molar-refractivity contribution in [2.45, 2.75) is 33.2 Å². The van der Waals surface area contributed by atoms with Crippen LogP contribution >= 0.6 is 11.3 Å². The molecule has 0 bridgehead atoms. The molecule has 0 fully saturated rings. The first-order valence-corrected chi connectivity index (χ1v) is 12.2.